The van der Waals surface area contributed by atoms with Crippen molar-refractivity contribution in [3.8, 4) is 11.5 Å². The summed E-state index contributed by atoms with van der Waals surface area (Å²) in [5.74, 6) is 0.836. The highest BCUT2D eigenvalue weighted by atomic mass is 32.2. The zero-order valence-electron chi connectivity index (χ0n) is 16.6. The van der Waals surface area contributed by atoms with Crippen LogP contribution < -0.4 is 19.1 Å². The lowest BCUT2D eigenvalue weighted by molar-refractivity contribution is -0.127. The van der Waals surface area contributed by atoms with Crippen molar-refractivity contribution >= 4 is 21.6 Å². The third-order valence-corrected chi connectivity index (χ3v) is 6.55. The van der Waals surface area contributed by atoms with Gasteiger partial charge in [-0.25, -0.2) is 8.42 Å². The Morgan fingerprint density at radius 2 is 2.03 bits per heavy atom. The molecule has 0 saturated carbocycles. The van der Waals surface area contributed by atoms with E-state index in [9.17, 15) is 13.2 Å². The standard InChI is InChI=1S/C21H26N2O5S/c1-3-29(25,26)23-15-20(28-19-12-5-4-11-18(19)23)21(24)22-13-7-9-16-8-6-10-17(14-16)27-2/h4-6,8,10-12,14,20H,3,7,9,13,15H2,1-2H3,(H,22,24). The maximum Gasteiger partial charge on any atom is 0.263 e. The number of methoxy groups -OCH3 is 1. The van der Waals surface area contributed by atoms with Crippen molar-refractivity contribution in [2.75, 3.05) is 30.3 Å². The van der Waals surface area contributed by atoms with Gasteiger partial charge in [-0.05, 0) is 49.6 Å². The number of hydrogen-bond donors (Lipinski definition) is 1. The zero-order valence-corrected chi connectivity index (χ0v) is 17.4. The van der Waals surface area contributed by atoms with Crippen LogP contribution in [0.3, 0.4) is 0 Å². The lowest BCUT2D eigenvalue weighted by Gasteiger charge is -2.34. The second-order valence-electron chi connectivity index (χ2n) is 6.75. The first-order valence-electron chi connectivity index (χ1n) is 9.61. The first-order valence-corrected chi connectivity index (χ1v) is 11.2. The van der Waals surface area contributed by atoms with Crippen LogP contribution in [0.2, 0.25) is 0 Å². The van der Waals surface area contributed by atoms with Crippen LogP contribution in [0.4, 0.5) is 5.69 Å². The van der Waals surface area contributed by atoms with Crippen LogP contribution in [-0.4, -0.2) is 46.4 Å². The van der Waals surface area contributed by atoms with Crippen LogP contribution in [0.25, 0.3) is 0 Å². The van der Waals surface area contributed by atoms with E-state index in [1.165, 1.54) is 4.31 Å². The van der Waals surface area contributed by atoms with Crippen molar-refractivity contribution in [1.82, 2.24) is 5.32 Å². The number of carbonyl (C=O) groups excluding carboxylic acids is 1. The molecular weight excluding hydrogens is 392 g/mol. The average Bonchev–Trinajstić information content (AvgIpc) is 2.75. The number of aryl methyl sites for hydroxylation is 1. The van der Waals surface area contributed by atoms with Crippen molar-refractivity contribution in [2.45, 2.75) is 25.9 Å². The molecule has 0 spiro atoms. The summed E-state index contributed by atoms with van der Waals surface area (Å²) in [5.41, 5.74) is 1.60. The molecule has 0 aliphatic carbocycles. The lowest BCUT2D eigenvalue weighted by Crippen LogP contribution is -2.51. The van der Waals surface area contributed by atoms with Gasteiger partial charge in [0.05, 0.1) is 25.1 Å². The number of nitrogens with one attached hydrogen (secondary N) is 1. The Morgan fingerprint density at radius 3 is 2.79 bits per heavy atom. The molecule has 29 heavy (non-hydrogen) atoms. The number of fused-ring (bicyclic) bond motifs is 1. The number of benzene rings is 2. The van der Waals surface area contributed by atoms with Crippen LogP contribution in [0.15, 0.2) is 48.5 Å². The Morgan fingerprint density at radius 1 is 1.24 bits per heavy atom. The normalized spacial score (nSPS) is 15.9. The third-order valence-electron chi connectivity index (χ3n) is 4.80. The van der Waals surface area contributed by atoms with Gasteiger partial charge in [0.15, 0.2) is 6.10 Å². The van der Waals surface area contributed by atoms with Gasteiger partial charge in [-0.2, -0.15) is 0 Å². The van der Waals surface area contributed by atoms with Gasteiger partial charge in [-0.3, -0.25) is 9.10 Å². The molecule has 7 nitrogen and oxygen atoms in total. The summed E-state index contributed by atoms with van der Waals surface area (Å²) in [7, 11) is -1.88. The highest BCUT2D eigenvalue weighted by Crippen LogP contribution is 2.35. The minimum atomic E-state index is -3.51. The minimum Gasteiger partial charge on any atom is -0.497 e. The van der Waals surface area contributed by atoms with E-state index in [1.807, 2.05) is 24.3 Å². The molecule has 3 rings (SSSR count). The number of anilines is 1. The highest BCUT2D eigenvalue weighted by Gasteiger charge is 2.35. The fourth-order valence-corrected chi connectivity index (χ4v) is 4.33. The Kier molecular flexibility index (Phi) is 6.64. The number of carbonyl (C=O) groups is 1. The smallest absolute Gasteiger partial charge is 0.263 e. The predicted molar refractivity (Wildman–Crippen MR) is 112 cm³/mol. The van der Waals surface area contributed by atoms with Gasteiger partial charge in [-0.15, -0.1) is 0 Å². The van der Waals surface area contributed by atoms with E-state index in [2.05, 4.69) is 5.32 Å². The van der Waals surface area contributed by atoms with Crippen LogP contribution in [-0.2, 0) is 21.2 Å². The topological polar surface area (TPSA) is 84.9 Å². The first kappa shape index (κ1) is 21.0. The monoisotopic (exact) mass is 418 g/mol. The van der Waals surface area contributed by atoms with Gasteiger partial charge < -0.3 is 14.8 Å². The molecule has 156 valence electrons. The zero-order chi connectivity index (χ0) is 20.9. The summed E-state index contributed by atoms with van der Waals surface area (Å²) >= 11 is 0. The van der Waals surface area contributed by atoms with Gasteiger partial charge in [-0.1, -0.05) is 24.3 Å². The van der Waals surface area contributed by atoms with Crippen LogP contribution in [0.5, 0.6) is 11.5 Å². The number of rotatable bonds is 8. The molecule has 1 atom stereocenters. The van der Waals surface area contributed by atoms with Gasteiger partial charge in [0, 0.05) is 6.54 Å². The highest BCUT2D eigenvalue weighted by molar-refractivity contribution is 7.92. The Bertz CT molecular complexity index is 961. The van der Waals surface area contributed by atoms with Gasteiger partial charge in [0.2, 0.25) is 10.0 Å². The maximum absolute atomic E-state index is 12.6. The van der Waals surface area contributed by atoms with Gasteiger partial charge in [0.25, 0.3) is 5.91 Å². The molecule has 2 aromatic rings. The van der Waals surface area contributed by atoms with E-state index in [-0.39, 0.29) is 18.2 Å². The number of para-hydroxylation sites is 2. The van der Waals surface area contributed by atoms with E-state index in [0.717, 1.165) is 24.2 Å². The molecule has 0 saturated heterocycles. The van der Waals surface area contributed by atoms with E-state index >= 15 is 0 Å². The van der Waals surface area contributed by atoms with Crippen molar-refractivity contribution < 1.29 is 22.7 Å². The summed E-state index contributed by atoms with van der Waals surface area (Å²) in [4.78, 5) is 12.6. The molecule has 8 heteroatoms. The van der Waals surface area contributed by atoms with E-state index in [1.54, 1.807) is 38.3 Å². The summed E-state index contributed by atoms with van der Waals surface area (Å²) in [6, 6.07) is 14.7. The van der Waals surface area contributed by atoms with Crippen LogP contribution >= 0.6 is 0 Å². The average molecular weight is 419 g/mol. The van der Waals surface area contributed by atoms with Gasteiger partial charge in [0.1, 0.15) is 11.5 Å². The number of hydrogen-bond acceptors (Lipinski definition) is 5. The molecule has 1 N–H and O–H groups in total. The second kappa shape index (κ2) is 9.17. The number of sulfonamides is 1. The Hall–Kier alpha value is -2.74. The lowest BCUT2D eigenvalue weighted by atomic mass is 10.1. The number of amides is 1. The molecule has 0 bridgehead atoms. The minimum absolute atomic E-state index is 0.0328. The Labute approximate surface area is 171 Å². The number of ether oxygens (including phenoxy) is 2. The van der Waals surface area contributed by atoms with Gasteiger partial charge >= 0.3 is 0 Å². The molecule has 2 aromatic carbocycles. The largest absolute Gasteiger partial charge is 0.497 e. The van der Waals surface area contributed by atoms with Crippen LogP contribution in [0, 0.1) is 0 Å². The molecule has 1 aliphatic rings. The van der Waals surface area contributed by atoms with Crippen molar-refractivity contribution in [3.63, 3.8) is 0 Å². The predicted octanol–water partition coefficient (Wildman–Crippen LogP) is 2.36. The maximum atomic E-state index is 12.6. The van der Waals surface area contributed by atoms with E-state index < -0.39 is 16.1 Å². The molecule has 1 heterocycles. The molecule has 1 unspecified atom stereocenters. The molecule has 0 fully saturated rings. The molecule has 1 amide bonds. The summed E-state index contributed by atoms with van der Waals surface area (Å²) in [5, 5.41) is 2.86. The molecular formula is C21H26N2O5S. The fraction of sp³-hybridized carbons (Fsp3) is 0.381. The molecule has 0 radical (unpaired) electrons. The second-order valence-corrected chi connectivity index (χ2v) is 8.93. The van der Waals surface area contributed by atoms with Crippen molar-refractivity contribution in [1.29, 1.82) is 0 Å². The third kappa shape index (κ3) is 5.00. The van der Waals surface area contributed by atoms with Crippen molar-refractivity contribution in [2.24, 2.45) is 0 Å². The summed E-state index contributed by atoms with van der Waals surface area (Å²) in [6.45, 7) is 2.02. The molecule has 1 aliphatic heterocycles. The van der Waals surface area contributed by atoms with E-state index in [4.69, 9.17) is 9.47 Å². The van der Waals surface area contributed by atoms with Crippen molar-refractivity contribution in [3.05, 3.63) is 54.1 Å². The Balaban J connectivity index is 1.59. The van der Waals surface area contributed by atoms with Crippen LogP contribution in [0.1, 0.15) is 18.9 Å². The summed E-state index contributed by atoms with van der Waals surface area (Å²) < 4.78 is 37.2. The number of nitrogens with zero attached hydrogens (tertiary/aromatic N) is 1. The SMILES string of the molecule is CCS(=O)(=O)N1CC(C(=O)NCCCc2cccc(OC)c2)Oc2ccccc21. The first-order chi connectivity index (χ1) is 13.9. The molecule has 0 aromatic heterocycles. The fourth-order valence-electron chi connectivity index (χ4n) is 3.20. The van der Waals surface area contributed by atoms with E-state index in [0.29, 0.717) is 18.0 Å². The summed E-state index contributed by atoms with van der Waals surface area (Å²) in [6.07, 6.45) is 0.657. The quantitative estimate of drug-likeness (QED) is 0.666.